The van der Waals surface area contributed by atoms with E-state index in [1.807, 2.05) is 0 Å². The SMILES string of the molecule is COc1ccc(NC(=O)c2ccccc2NC(=O)CC2COCCN2)cc1.Cl. The zero-order chi connectivity index (χ0) is 19.1. The van der Waals surface area contributed by atoms with Crippen LogP contribution in [-0.4, -0.2) is 44.7 Å². The van der Waals surface area contributed by atoms with Gasteiger partial charge in [-0.1, -0.05) is 12.1 Å². The predicted octanol–water partition coefficient (Wildman–Crippen LogP) is 2.69. The van der Waals surface area contributed by atoms with E-state index in [9.17, 15) is 9.59 Å². The van der Waals surface area contributed by atoms with Gasteiger partial charge in [-0.2, -0.15) is 0 Å². The monoisotopic (exact) mass is 405 g/mol. The molecule has 3 N–H and O–H groups in total. The van der Waals surface area contributed by atoms with Crippen molar-refractivity contribution in [2.75, 3.05) is 37.5 Å². The van der Waals surface area contributed by atoms with E-state index < -0.39 is 0 Å². The summed E-state index contributed by atoms with van der Waals surface area (Å²) >= 11 is 0. The highest BCUT2D eigenvalue weighted by Gasteiger charge is 2.19. The van der Waals surface area contributed by atoms with Gasteiger partial charge in [0, 0.05) is 24.7 Å². The van der Waals surface area contributed by atoms with Crippen molar-refractivity contribution in [1.29, 1.82) is 0 Å². The minimum absolute atomic E-state index is 0. The molecular weight excluding hydrogens is 382 g/mol. The number of benzene rings is 2. The first-order valence-electron chi connectivity index (χ1n) is 8.81. The normalized spacial score (nSPS) is 15.8. The van der Waals surface area contributed by atoms with Gasteiger partial charge < -0.3 is 25.4 Å². The third kappa shape index (κ3) is 5.95. The van der Waals surface area contributed by atoms with E-state index in [2.05, 4.69) is 16.0 Å². The van der Waals surface area contributed by atoms with Crippen molar-refractivity contribution in [3.05, 3.63) is 54.1 Å². The van der Waals surface area contributed by atoms with Crippen molar-refractivity contribution in [3.63, 3.8) is 0 Å². The van der Waals surface area contributed by atoms with Gasteiger partial charge in [0.2, 0.25) is 5.91 Å². The first-order chi connectivity index (χ1) is 13.2. The summed E-state index contributed by atoms with van der Waals surface area (Å²) in [5.74, 6) is 0.249. The van der Waals surface area contributed by atoms with Crippen LogP contribution in [0.3, 0.4) is 0 Å². The molecule has 150 valence electrons. The molecule has 2 aromatic rings. The van der Waals surface area contributed by atoms with Crippen LogP contribution in [0, 0.1) is 0 Å². The van der Waals surface area contributed by atoms with Gasteiger partial charge in [0.1, 0.15) is 5.75 Å². The fourth-order valence-corrected chi connectivity index (χ4v) is 2.84. The quantitative estimate of drug-likeness (QED) is 0.687. The van der Waals surface area contributed by atoms with Crippen molar-refractivity contribution in [3.8, 4) is 5.75 Å². The number of hydrogen-bond donors (Lipinski definition) is 3. The average molecular weight is 406 g/mol. The lowest BCUT2D eigenvalue weighted by Gasteiger charge is -2.23. The minimum atomic E-state index is -0.296. The second-order valence-electron chi connectivity index (χ2n) is 6.21. The lowest BCUT2D eigenvalue weighted by Crippen LogP contribution is -2.43. The molecule has 0 bridgehead atoms. The van der Waals surface area contributed by atoms with Crippen LogP contribution in [0.15, 0.2) is 48.5 Å². The molecule has 1 atom stereocenters. The van der Waals surface area contributed by atoms with Gasteiger partial charge in [0.25, 0.3) is 5.91 Å². The molecule has 0 aromatic heterocycles. The van der Waals surface area contributed by atoms with E-state index in [0.29, 0.717) is 35.9 Å². The number of carbonyl (C=O) groups is 2. The van der Waals surface area contributed by atoms with Gasteiger partial charge >= 0.3 is 0 Å². The van der Waals surface area contributed by atoms with Crippen molar-refractivity contribution in [2.24, 2.45) is 0 Å². The van der Waals surface area contributed by atoms with Crippen LogP contribution in [0.5, 0.6) is 5.75 Å². The fourth-order valence-electron chi connectivity index (χ4n) is 2.84. The van der Waals surface area contributed by atoms with E-state index in [1.54, 1.807) is 55.6 Å². The van der Waals surface area contributed by atoms with Crippen LogP contribution in [0.2, 0.25) is 0 Å². The molecule has 2 aromatic carbocycles. The van der Waals surface area contributed by atoms with Gasteiger partial charge in [0.15, 0.2) is 0 Å². The maximum absolute atomic E-state index is 12.6. The molecule has 28 heavy (non-hydrogen) atoms. The summed E-state index contributed by atoms with van der Waals surface area (Å²) in [5.41, 5.74) is 1.52. The second kappa shape index (κ2) is 10.7. The zero-order valence-corrected chi connectivity index (χ0v) is 16.4. The number of methoxy groups -OCH3 is 1. The van der Waals surface area contributed by atoms with Gasteiger partial charge in [0.05, 0.1) is 31.6 Å². The van der Waals surface area contributed by atoms with Crippen LogP contribution in [-0.2, 0) is 9.53 Å². The molecule has 0 saturated carbocycles. The van der Waals surface area contributed by atoms with Crippen molar-refractivity contribution < 1.29 is 19.1 Å². The number of anilines is 2. The lowest BCUT2D eigenvalue weighted by atomic mass is 10.1. The molecule has 1 heterocycles. The van der Waals surface area contributed by atoms with Crippen LogP contribution in [0.1, 0.15) is 16.8 Å². The molecule has 0 aliphatic carbocycles. The molecule has 1 fully saturated rings. The Morgan fingerprint density at radius 3 is 2.57 bits per heavy atom. The maximum atomic E-state index is 12.6. The molecule has 2 amide bonds. The topological polar surface area (TPSA) is 88.7 Å². The molecule has 0 radical (unpaired) electrons. The van der Waals surface area contributed by atoms with Gasteiger partial charge in [-0.25, -0.2) is 0 Å². The summed E-state index contributed by atoms with van der Waals surface area (Å²) < 4.78 is 10.5. The summed E-state index contributed by atoms with van der Waals surface area (Å²) in [6.07, 6.45) is 0.286. The highest BCUT2D eigenvalue weighted by atomic mass is 35.5. The minimum Gasteiger partial charge on any atom is -0.497 e. The number of morpholine rings is 1. The lowest BCUT2D eigenvalue weighted by molar-refractivity contribution is -0.117. The molecule has 8 heteroatoms. The van der Waals surface area contributed by atoms with E-state index in [1.165, 1.54) is 0 Å². The van der Waals surface area contributed by atoms with Crippen molar-refractivity contribution in [2.45, 2.75) is 12.5 Å². The average Bonchev–Trinajstić information content (AvgIpc) is 2.69. The number of carbonyl (C=O) groups excluding carboxylic acids is 2. The van der Waals surface area contributed by atoms with E-state index >= 15 is 0 Å². The highest BCUT2D eigenvalue weighted by molar-refractivity contribution is 6.10. The fraction of sp³-hybridized carbons (Fsp3) is 0.300. The molecule has 1 unspecified atom stereocenters. The molecule has 0 spiro atoms. The number of amides is 2. The number of para-hydroxylation sites is 1. The second-order valence-corrected chi connectivity index (χ2v) is 6.21. The van der Waals surface area contributed by atoms with Crippen LogP contribution in [0.25, 0.3) is 0 Å². The molecule has 1 aliphatic rings. The smallest absolute Gasteiger partial charge is 0.257 e. The Morgan fingerprint density at radius 1 is 1.14 bits per heavy atom. The first kappa shape index (κ1) is 21.7. The van der Waals surface area contributed by atoms with Crippen LogP contribution >= 0.6 is 12.4 Å². The number of hydrogen-bond acceptors (Lipinski definition) is 5. The van der Waals surface area contributed by atoms with E-state index in [0.717, 1.165) is 6.54 Å². The Labute approximate surface area is 170 Å². The van der Waals surface area contributed by atoms with E-state index in [4.69, 9.17) is 9.47 Å². The standard InChI is InChI=1S/C20H23N3O4.ClH/c1-26-16-8-6-14(7-9-16)22-20(25)17-4-2-3-5-18(17)23-19(24)12-15-13-27-11-10-21-15;/h2-9,15,21H,10-13H2,1H3,(H,22,25)(H,23,24);1H. The Morgan fingerprint density at radius 2 is 1.89 bits per heavy atom. The maximum Gasteiger partial charge on any atom is 0.257 e. The Bertz CT molecular complexity index is 792. The van der Waals surface area contributed by atoms with Crippen molar-refractivity contribution >= 4 is 35.6 Å². The van der Waals surface area contributed by atoms with Crippen molar-refractivity contribution in [1.82, 2.24) is 5.32 Å². The van der Waals surface area contributed by atoms with Crippen LogP contribution in [0.4, 0.5) is 11.4 Å². The Hall–Kier alpha value is -2.61. The molecule has 7 nitrogen and oxygen atoms in total. The molecule has 3 rings (SSSR count). The number of halogens is 1. The number of nitrogens with one attached hydrogen (secondary N) is 3. The first-order valence-corrected chi connectivity index (χ1v) is 8.81. The highest BCUT2D eigenvalue weighted by Crippen LogP contribution is 2.20. The molecule has 1 saturated heterocycles. The summed E-state index contributed by atoms with van der Waals surface area (Å²) in [7, 11) is 1.58. The predicted molar refractivity (Wildman–Crippen MR) is 110 cm³/mol. The van der Waals surface area contributed by atoms with Gasteiger partial charge in [-0.15, -0.1) is 12.4 Å². The summed E-state index contributed by atoms with van der Waals surface area (Å²) in [6.45, 7) is 1.90. The third-order valence-electron chi connectivity index (χ3n) is 4.22. The zero-order valence-electron chi connectivity index (χ0n) is 15.6. The number of ether oxygens (including phenoxy) is 2. The summed E-state index contributed by atoms with van der Waals surface area (Å²) in [5, 5.41) is 8.89. The summed E-state index contributed by atoms with van der Waals surface area (Å²) in [4.78, 5) is 25.0. The van der Waals surface area contributed by atoms with Gasteiger partial charge in [-0.3, -0.25) is 9.59 Å². The number of rotatable bonds is 6. The Balaban J connectivity index is 0.00000280. The van der Waals surface area contributed by atoms with Crippen LogP contribution < -0.4 is 20.7 Å². The Kier molecular flexibility index (Phi) is 8.25. The molecule has 1 aliphatic heterocycles. The third-order valence-corrected chi connectivity index (χ3v) is 4.22. The summed E-state index contributed by atoms with van der Waals surface area (Å²) in [6, 6.07) is 14.0. The van der Waals surface area contributed by atoms with Gasteiger partial charge in [-0.05, 0) is 36.4 Å². The largest absolute Gasteiger partial charge is 0.497 e. The molecular formula is C20H24ClN3O4. The van der Waals surface area contributed by atoms with E-state index in [-0.39, 0.29) is 36.7 Å².